The minimum atomic E-state index is 1.28. The Morgan fingerprint density at radius 1 is 0.750 bits per heavy atom. The van der Waals surface area contributed by atoms with E-state index in [1.807, 2.05) is 0 Å². The van der Waals surface area contributed by atoms with Gasteiger partial charge in [0.1, 0.15) is 0 Å². The van der Waals surface area contributed by atoms with Crippen molar-refractivity contribution in [2.24, 2.45) is 0 Å². The van der Waals surface area contributed by atoms with Crippen LogP contribution < -0.4 is 0 Å². The Balaban J connectivity index is 0. The van der Waals surface area contributed by atoms with Crippen LogP contribution in [-0.2, 0) is 0 Å². The van der Waals surface area contributed by atoms with Crippen LogP contribution in [0.15, 0.2) is 0 Å². The van der Waals surface area contributed by atoms with Gasteiger partial charge in [0.25, 0.3) is 0 Å². The second-order valence-corrected chi connectivity index (χ2v) is 2.84. The number of halogens is 1. The number of hydrogen-bond acceptors (Lipinski definition) is 1. The van der Waals surface area contributed by atoms with E-state index in [0.717, 1.165) is 0 Å². The first kappa shape index (κ1) is 14.8. The molecule has 0 aliphatic carbocycles. The van der Waals surface area contributed by atoms with E-state index >= 15 is 0 Å². The van der Waals surface area contributed by atoms with Crippen LogP contribution in [0.5, 0.6) is 0 Å². The molecule has 0 radical (unpaired) electrons. The van der Waals surface area contributed by atoms with Crippen molar-refractivity contribution in [1.29, 1.82) is 0 Å². The van der Waals surface area contributed by atoms with Gasteiger partial charge in [-0.15, -0.1) is 11.6 Å². The lowest BCUT2D eigenvalue weighted by Gasteiger charge is -2.19. The molecule has 0 rings (SSSR count). The normalized spacial score (nSPS) is 9.50. The molecule has 2 heteroatoms. The Morgan fingerprint density at radius 3 is 1.17 bits per heavy atom. The van der Waals surface area contributed by atoms with Crippen molar-refractivity contribution in [3.63, 3.8) is 0 Å². The van der Waals surface area contributed by atoms with Gasteiger partial charge in [0.15, 0.2) is 0 Å². The molecule has 0 amide bonds. The van der Waals surface area contributed by atoms with Crippen LogP contribution in [-0.4, -0.2) is 30.9 Å². The molecule has 0 spiro atoms. The Kier molecular flexibility index (Phi) is 17.0. The van der Waals surface area contributed by atoms with Crippen LogP contribution in [0.1, 0.15) is 40.0 Å². The smallest absolute Gasteiger partial charge is 0.0108 e. The van der Waals surface area contributed by atoms with E-state index in [9.17, 15) is 0 Å². The summed E-state index contributed by atoms with van der Waals surface area (Å²) in [7, 11) is 0. The van der Waals surface area contributed by atoms with Gasteiger partial charge in [-0.2, -0.15) is 0 Å². The maximum atomic E-state index is 4.64. The fourth-order valence-corrected chi connectivity index (χ4v) is 1.28. The average Bonchev–Trinajstić information content (AvgIpc) is 2.10. The fraction of sp³-hybridized carbons (Fsp3) is 1.00. The molecule has 0 aliphatic rings. The predicted octanol–water partition coefficient (Wildman–Crippen LogP) is 3.37. The SMILES string of the molecule is CCCN(CCC)CCC.CCl. The van der Waals surface area contributed by atoms with Gasteiger partial charge in [-0.3, -0.25) is 0 Å². The summed E-state index contributed by atoms with van der Waals surface area (Å²) in [5.41, 5.74) is 0. The minimum absolute atomic E-state index is 1.28. The van der Waals surface area contributed by atoms with Crippen LogP contribution in [0.3, 0.4) is 0 Å². The molecule has 0 N–H and O–H groups in total. The summed E-state index contributed by atoms with van der Waals surface area (Å²) in [6.07, 6.45) is 5.35. The second kappa shape index (κ2) is 13.8. The molecule has 0 aliphatic heterocycles. The second-order valence-electron chi connectivity index (χ2n) is 2.84. The Hall–Kier alpha value is 0.250. The zero-order valence-corrected chi connectivity index (χ0v) is 9.82. The molecule has 0 saturated heterocycles. The first-order valence-electron chi connectivity index (χ1n) is 4.95. The molecular weight excluding hydrogens is 170 g/mol. The third kappa shape index (κ3) is 10.2. The minimum Gasteiger partial charge on any atom is -0.303 e. The highest BCUT2D eigenvalue weighted by Gasteiger charge is 1.98. The van der Waals surface area contributed by atoms with E-state index < -0.39 is 0 Å². The largest absolute Gasteiger partial charge is 0.303 e. The van der Waals surface area contributed by atoms with Crippen molar-refractivity contribution in [3.05, 3.63) is 0 Å². The summed E-state index contributed by atoms with van der Waals surface area (Å²) < 4.78 is 0. The van der Waals surface area contributed by atoms with Crippen LogP contribution in [0.2, 0.25) is 0 Å². The van der Waals surface area contributed by atoms with E-state index in [-0.39, 0.29) is 0 Å². The summed E-state index contributed by atoms with van der Waals surface area (Å²) in [4.78, 5) is 2.54. The Bertz CT molecular complexity index is 52.6. The lowest BCUT2D eigenvalue weighted by molar-refractivity contribution is 0.275. The number of nitrogens with zero attached hydrogens (tertiary/aromatic N) is 1. The van der Waals surface area contributed by atoms with Crippen LogP contribution >= 0.6 is 11.6 Å². The monoisotopic (exact) mass is 193 g/mol. The summed E-state index contributed by atoms with van der Waals surface area (Å²) in [5.74, 6) is 0. The van der Waals surface area contributed by atoms with Crippen molar-refractivity contribution in [2.45, 2.75) is 40.0 Å². The fourth-order valence-electron chi connectivity index (χ4n) is 1.28. The molecule has 0 unspecified atom stereocenters. The molecule has 12 heavy (non-hydrogen) atoms. The molecule has 0 saturated carbocycles. The summed E-state index contributed by atoms with van der Waals surface area (Å²) >= 11 is 4.64. The number of alkyl halides is 1. The Labute approximate surface area is 83.1 Å². The maximum absolute atomic E-state index is 4.64. The molecule has 0 atom stereocenters. The highest BCUT2D eigenvalue weighted by atomic mass is 35.5. The quantitative estimate of drug-likeness (QED) is 0.585. The first-order chi connectivity index (χ1) is 5.85. The molecule has 0 bridgehead atoms. The topological polar surface area (TPSA) is 3.24 Å². The lowest BCUT2D eigenvalue weighted by Crippen LogP contribution is -2.25. The molecule has 0 aromatic rings. The standard InChI is InChI=1S/C9H21N.CH3Cl/c1-4-7-10(8-5-2)9-6-3;1-2/h4-9H2,1-3H3;1H3. The van der Waals surface area contributed by atoms with E-state index in [0.29, 0.717) is 0 Å². The van der Waals surface area contributed by atoms with E-state index in [1.165, 1.54) is 45.3 Å². The molecule has 0 aromatic carbocycles. The van der Waals surface area contributed by atoms with Gasteiger partial charge in [0.2, 0.25) is 0 Å². The van der Waals surface area contributed by atoms with Gasteiger partial charge in [0, 0.05) is 6.38 Å². The molecule has 1 nitrogen and oxygen atoms in total. The molecule has 0 heterocycles. The number of hydrogen-bond donors (Lipinski definition) is 0. The van der Waals surface area contributed by atoms with Gasteiger partial charge in [0.05, 0.1) is 0 Å². The molecule has 0 fully saturated rings. The van der Waals surface area contributed by atoms with Gasteiger partial charge in [-0.25, -0.2) is 0 Å². The molecular formula is C10H24ClN. The summed E-state index contributed by atoms with van der Waals surface area (Å²) in [6, 6.07) is 0. The molecule has 0 aromatic heterocycles. The Morgan fingerprint density at radius 2 is 1.00 bits per heavy atom. The lowest BCUT2D eigenvalue weighted by atomic mass is 10.3. The van der Waals surface area contributed by atoms with Crippen molar-refractivity contribution in [1.82, 2.24) is 4.90 Å². The van der Waals surface area contributed by atoms with Gasteiger partial charge >= 0.3 is 0 Å². The zero-order chi connectivity index (χ0) is 9.82. The van der Waals surface area contributed by atoms with Crippen molar-refractivity contribution in [3.8, 4) is 0 Å². The first-order valence-corrected chi connectivity index (χ1v) is 5.70. The maximum Gasteiger partial charge on any atom is 0.0108 e. The van der Waals surface area contributed by atoms with Crippen molar-refractivity contribution >= 4 is 11.6 Å². The van der Waals surface area contributed by atoms with Crippen LogP contribution in [0, 0.1) is 0 Å². The van der Waals surface area contributed by atoms with Crippen LogP contribution in [0.4, 0.5) is 0 Å². The highest BCUT2D eigenvalue weighted by molar-refractivity contribution is 6.15. The molecule has 76 valence electrons. The predicted molar refractivity (Wildman–Crippen MR) is 59.1 cm³/mol. The zero-order valence-electron chi connectivity index (χ0n) is 9.07. The van der Waals surface area contributed by atoms with E-state index in [2.05, 4.69) is 37.3 Å². The number of rotatable bonds is 6. The van der Waals surface area contributed by atoms with Crippen LogP contribution in [0.25, 0.3) is 0 Å². The van der Waals surface area contributed by atoms with Crippen molar-refractivity contribution in [2.75, 3.05) is 26.0 Å². The highest BCUT2D eigenvalue weighted by Crippen LogP contribution is 1.94. The van der Waals surface area contributed by atoms with Gasteiger partial charge in [-0.05, 0) is 38.9 Å². The third-order valence-corrected chi connectivity index (χ3v) is 1.62. The van der Waals surface area contributed by atoms with Crippen molar-refractivity contribution < 1.29 is 0 Å². The summed E-state index contributed by atoms with van der Waals surface area (Å²) in [6.45, 7) is 10.6. The van der Waals surface area contributed by atoms with E-state index in [4.69, 9.17) is 0 Å². The third-order valence-electron chi connectivity index (χ3n) is 1.62. The summed E-state index contributed by atoms with van der Waals surface area (Å²) in [5, 5.41) is 0. The average molecular weight is 194 g/mol. The van der Waals surface area contributed by atoms with Gasteiger partial charge in [-0.1, -0.05) is 20.8 Å². The van der Waals surface area contributed by atoms with E-state index in [1.54, 1.807) is 0 Å². The van der Waals surface area contributed by atoms with Gasteiger partial charge < -0.3 is 4.90 Å².